The average molecular weight is 431 g/mol. The Kier molecular flexibility index (Phi) is 5.69. The van der Waals surface area contributed by atoms with Gasteiger partial charge >= 0.3 is 6.61 Å². The first-order valence-electron chi connectivity index (χ1n) is 9.27. The van der Waals surface area contributed by atoms with Crippen molar-refractivity contribution in [1.29, 1.82) is 0 Å². The molecule has 0 saturated carbocycles. The number of aromatic nitrogens is 3. The predicted octanol–water partition coefficient (Wildman–Crippen LogP) is 3.17. The molecule has 10 heteroatoms. The molecule has 1 aliphatic rings. The number of hydrogen-bond donors (Lipinski definition) is 1. The fraction of sp³-hybridized carbons (Fsp3) is 0.300. The Morgan fingerprint density at radius 2 is 2.20 bits per heavy atom. The first-order valence-corrected chi connectivity index (χ1v) is 10.0. The number of ether oxygens (including phenoxy) is 1. The Morgan fingerprint density at radius 3 is 2.90 bits per heavy atom. The lowest BCUT2D eigenvalue weighted by atomic mass is 9.96. The number of fused-ring (bicyclic) bond motifs is 1. The van der Waals surface area contributed by atoms with E-state index in [1.807, 2.05) is 13.0 Å². The molecule has 7 nitrogen and oxygen atoms in total. The van der Waals surface area contributed by atoms with Crippen molar-refractivity contribution in [2.45, 2.75) is 33.0 Å². The summed E-state index contributed by atoms with van der Waals surface area (Å²) in [5.74, 6) is -0.697. The van der Waals surface area contributed by atoms with Crippen molar-refractivity contribution in [3.63, 3.8) is 0 Å². The molecule has 3 aromatic heterocycles. The highest BCUT2D eigenvalue weighted by Crippen LogP contribution is 2.33. The molecule has 156 valence electrons. The Bertz CT molecular complexity index is 1090. The van der Waals surface area contributed by atoms with E-state index in [-0.39, 0.29) is 11.6 Å². The van der Waals surface area contributed by atoms with Gasteiger partial charge in [-0.1, -0.05) is 0 Å². The highest BCUT2D eigenvalue weighted by atomic mass is 32.1. The summed E-state index contributed by atoms with van der Waals surface area (Å²) in [7, 11) is 0. The van der Waals surface area contributed by atoms with Crippen LogP contribution >= 0.6 is 11.5 Å². The molecule has 4 rings (SSSR count). The minimum Gasteiger partial charge on any atom is -0.417 e. The van der Waals surface area contributed by atoms with Crippen molar-refractivity contribution >= 4 is 17.4 Å². The van der Waals surface area contributed by atoms with Crippen LogP contribution in [0.15, 0.2) is 30.5 Å². The summed E-state index contributed by atoms with van der Waals surface area (Å²) in [5, 5.41) is 0. The monoisotopic (exact) mass is 431 g/mol. The van der Waals surface area contributed by atoms with Gasteiger partial charge in [0.1, 0.15) is 5.69 Å². The third-order valence-electron chi connectivity index (χ3n) is 4.82. The van der Waals surface area contributed by atoms with Crippen molar-refractivity contribution in [3.8, 4) is 16.3 Å². The maximum Gasteiger partial charge on any atom is 0.388 e. The van der Waals surface area contributed by atoms with Crippen LogP contribution in [0.4, 0.5) is 8.78 Å². The molecule has 0 aromatic carbocycles. The minimum absolute atomic E-state index is 0.114. The Balaban J connectivity index is 1.60. The van der Waals surface area contributed by atoms with Gasteiger partial charge in [-0.05, 0) is 54.2 Å². The molecule has 0 aliphatic carbocycles. The number of nitrogens with two attached hydrogens (primary N) is 1. The van der Waals surface area contributed by atoms with Crippen LogP contribution in [0.1, 0.15) is 33.0 Å². The zero-order valence-electron chi connectivity index (χ0n) is 16.1. The smallest absolute Gasteiger partial charge is 0.388 e. The number of nitrogens with zero attached hydrogens (tertiary/aromatic N) is 4. The lowest BCUT2D eigenvalue weighted by molar-refractivity contribution is -0.0529. The van der Waals surface area contributed by atoms with Crippen LogP contribution in [0.3, 0.4) is 0 Å². The molecule has 1 amide bonds. The summed E-state index contributed by atoms with van der Waals surface area (Å²) in [6.07, 6.45) is 2.18. The number of pyridine rings is 2. The maximum atomic E-state index is 12.4. The molecule has 0 radical (unpaired) electrons. The number of halogens is 2. The van der Waals surface area contributed by atoms with E-state index >= 15 is 0 Å². The van der Waals surface area contributed by atoms with Crippen LogP contribution in [-0.2, 0) is 19.5 Å². The third kappa shape index (κ3) is 4.44. The number of primary amides is 1. The van der Waals surface area contributed by atoms with Crippen molar-refractivity contribution in [2.75, 3.05) is 6.54 Å². The normalized spacial score (nSPS) is 14.0. The number of amides is 1. The van der Waals surface area contributed by atoms with E-state index in [2.05, 4.69) is 24.0 Å². The molecule has 4 heterocycles. The molecule has 0 atom stereocenters. The van der Waals surface area contributed by atoms with Crippen molar-refractivity contribution in [1.82, 2.24) is 19.2 Å². The molecule has 0 spiro atoms. The second-order valence-electron chi connectivity index (χ2n) is 7.02. The molecule has 1 aliphatic heterocycles. The van der Waals surface area contributed by atoms with Crippen LogP contribution < -0.4 is 10.5 Å². The molecule has 30 heavy (non-hydrogen) atoms. The second-order valence-corrected chi connectivity index (χ2v) is 7.82. The molecular weight excluding hydrogens is 412 g/mol. The van der Waals surface area contributed by atoms with E-state index in [1.54, 1.807) is 12.1 Å². The SMILES string of the molecule is Cc1cc(-c2cc(C(N)=O)nc3c2CCN(Cc2ccnc(OC(F)F)c2)C3)sn1. The summed E-state index contributed by atoms with van der Waals surface area (Å²) in [6.45, 7) is 0.779. The summed E-state index contributed by atoms with van der Waals surface area (Å²) in [4.78, 5) is 23.2. The largest absolute Gasteiger partial charge is 0.417 e. The van der Waals surface area contributed by atoms with Gasteiger partial charge in [-0.2, -0.15) is 13.2 Å². The lowest BCUT2D eigenvalue weighted by Crippen LogP contribution is -2.32. The van der Waals surface area contributed by atoms with E-state index < -0.39 is 12.5 Å². The van der Waals surface area contributed by atoms with Gasteiger partial charge < -0.3 is 10.5 Å². The zero-order valence-corrected chi connectivity index (χ0v) is 17.0. The van der Waals surface area contributed by atoms with E-state index in [4.69, 9.17) is 5.73 Å². The first kappa shape index (κ1) is 20.3. The van der Waals surface area contributed by atoms with E-state index in [0.717, 1.165) is 45.9 Å². The topological polar surface area (TPSA) is 94.2 Å². The number of carbonyl (C=O) groups excluding carboxylic acids is 1. The Morgan fingerprint density at radius 1 is 1.37 bits per heavy atom. The van der Waals surface area contributed by atoms with Gasteiger partial charge in [0.15, 0.2) is 0 Å². The number of carbonyl (C=O) groups is 1. The van der Waals surface area contributed by atoms with E-state index in [0.29, 0.717) is 13.1 Å². The lowest BCUT2D eigenvalue weighted by Gasteiger charge is -2.29. The quantitative estimate of drug-likeness (QED) is 0.644. The summed E-state index contributed by atoms with van der Waals surface area (Å²) < 4.78 is 33.6. The van der Waals surface area contributed by atoms with Crippen LogP contribution in [0.2, 0.25) is 0 Å². The maximum absolute atomic E-state index is 12.4. The molecule has 2 N–H and O–H groups in total. The summed E-state index contributed by atoms with van der Waals surface area (Å²) in [5.41, 5.74) is 10.2. The standard InChI is InChI=1S/C20H19F2N5O2S/c1-11-6-17(30-26-11)14-8-15(19(23)28)25-16-10-27(5-3-13(14)16)9-12-2-4-24-18(7-12)29-20(21)22/h2,4,6-8,20H,3,5,9-10H2,1H3,(H2,23,28). The van der Waals surface area contributed by atoms with E-state index in [9.17, 15) is 13.6 Å². The highest BCUT2D eigenvalue weighted by molar-refractivity contribution is 7.09. The molecule has 0 bridgehead atoms. The first-order chi connectivity index (χ1) is 14.4. The van der Waals surface area contributed by atoms with Gasteiger partial charge in [-0.25, -0.2) is 9.97 Å². The third-order valence-corrected chi connectivity index (χ3v) is 5.74. The number of aryl methyl sites for hydroxylation is 1. The summed E-state index contributed by atoms with van der Waals surface area (Å²) >= 11 is 1.38. The van der Waals surface area contributed by atoms with Crippen molar-refractivity contribution in [2.24, 2.45) is 5.73 Å². The minimum atomic E-state index is -2.92. The highest BCUT2D eigenvalue weighted by Gasteiger charge is 2.24. The molecular formula is C20H19F2N5O2S. The molecule has 0 unspecified atom stereocenters. The van der Waals surface area contributed by atoms with Gasteiger partial charge in [-0.3, -0.25) is 9.69 Å². The van der Waals surface area contributed by atoms with Gasteiger partial charge in [0.05, 0.1) is 16.3 Å². The molecule has 3 aromatic rings. The van der Waals surface area contributed by atoms with Gasteiger partial charge in [0.2, 0.25) is 5.88 Å². The molecule has 0 saturated heterocycles. The van der Waals surface area contributed by atoms with Crippen LogP contribution in [-0.4, -0.2) is 38.3 Å². The average Bonchev–Trinajstić information content (AvgIpc) is 3.12. The van der Waals surface area contributed by atoms with Crippen LogP contribution in [0.25, 0.3) is 10.4 Å². The second kappa shape index (κ2) is 8.41. The van der Waals surface area contributed by atoms with Crippen molar-refractivity contribution in [3.05, 3.63) is 58.7 Å². The predicted molar refractivity (Wildman–Crippen MR) is 107 cm³/mol. The Hall–Kier alpha value is -2.98. The van der Waals surface area contributed by atoms with Gasteiger partial charge in [0.25, 0.3) is 5.91 Å². The van der Waals surface area contributed by atoms with E-state index in [1.165, 1.54) is 23.8 Å². The van der Waals surface area contributed by atoms with Crippen LogP contribution in [0, 0.1) is 6.92 Å². The summed E-state index contributed by atoms with van der Waals surface area (Å²) in [6, 6.07) is 6.98. The number of hydrogen-bond acceptors (Lipinski definition) is 7. The number of alkyl halides is 2. The molecule has 0 fully saturated rings. The fourth-order valence-corrected chi connectivity index (χ4v) is 4.33. The zero-order chi connectivity index (χ0) is 21.3. The fourth-order valence-electron chi connectivity index (χ4n) is 3.53. The number of rotatable bonds is 6. The van der Waals surface area contributed by atoms with Gasteiger partial charge in [-0.15, -0.1) is 0 Å². The van der Waals surface area contributed by atoms with Gasteiger partial charge in [0, 0.05) is 37.5 Å². The van der Waals surface area contributed by atoms with Crippen molar-refractivity contribution < 1.29 is 18.3 Å². The van der Waals surface area contributed by atoms with Crippen LogP contribution in [0.5, 0.6) is 5.88 Å². The Labute approximate surface area is 175 Å².